The molecule has 24 heavy (non-hydrogen) atoms. The molecule has 0 spiro atoms. The molecule has 3 aromatic carbocycles. The Morgan fingerprint density at radius 2 is 1.46 bits per heavy atom. The van der Waals surface area contributed by atoms with E-state index in [-0.39, 0.29) is 14.9 Å². The molecule has 3 aromatic rings. The number of fused-ring (bicyclic) bond motifs is 3. The Hall–Kier alpha value is -1.11. The Kier molecular flexibility index (Phi) is 11.7. The summed E-state index contributed by atoms with van der Waals surface area (Å²) in [5.74, 6) is 0. The average molecular weight is 408 g/mol. The van der Waals surface area contributed by atoms with Crippen LogP contribution in [0.1, 0.15) is 19.8 Å². The molecule has 0 heterocycles. The van der Waals surface area contributed by atoms with E-state index in [1.165, 1.54) is 50.5 Å². The first kappa shape index (κ1) is 22.9. The van der Waals surface area contributed by atoms with E-state index >= 15 is 0 Å². The maximum atomic E-state index is 3.11. The van der Waals surface area contributed by atoms with Gasteiger partial charge >= 0.3 is 30.2 Å². The van der Waals surface area contributed by atoms with Crippen molar-refractivity contribution in [2.45, 2.75) is 19.8 Å². The van der Waals surface area contributed by atoms with Crippen molar-refractivity contribution in [1.29, 1.82) is 0 Å². The van der Waals surface area contributed by atoms with E-state index in [1.54, 1.807) is 0 Å². The van der Waals surface area contributed by atoms with Gasteiger partial charge in [0.1, 0.15) is 0 Å². The van der Waals surface area contributed by atoms with E-state index in [4.69, 9.17) is 0 Å². The maximum absolute atomic E-state index is 3.11. The molecule has 0 aromatic heterocycles. The summed E-state index contributed by atoms with van der Waals surface area (Å²) in [5, 5.41) is 5.39. The monoisotopic (exact) mass is 406 g/mol. The molecule has 0 saturated heterocycles. The summed E-state index contributed by atoms with van der Waals surface area (Å²) in [7, 11) is 0. The third-order valence-electron chi connectivity index (χ3n) is 3.70. The summed E-state index contributed by atoms with van der Waals surface area (Å²) in [5.41, 5.74) is 1.43. The molecule has 0 saturated carbocycles. The van der Waals surface area contributed by atoms with Crippen molar-refractivity contribution < 1.29 is 23.3 Å². The molecular formula is C22H24SiZr-4. The summed E-state index contributed by atoms with van der Waals surface area (Å²) in [6.07, 6.45) is 9.57. The zero-order valence-corrected chi connectivity index (χ0v) is 18.2. The van der Waals surface area contributed by atoms with Crippen LogP contribution in [-0.2, 0) is 23.3 Å². The van der Waals surface area contributed by atoms with Crippen LogP contribution in [0.5, 0.6) is 0 Å². The predicted octanol–water partition coefficient (Wildman–Crippen LogP) is 6.32. The van der Waals surface area contributed by atoms with Crippen LogP contribution in [0.25, 0.3) is 21.5 Å². The Morgan fingerprint density at radius 3 is 1.83 bits per heavy atom. The van der Waals surface area contributed by atoms with Gasteiger partial charge in [-0.3, -0.25) is 6.08 Å². The van der Waals surface area contributed by atoms with Crippen LogP contribution < -0.4 is 0 Å². The summed E-state index contributed by atoms with van der Waals surface area (Å²) in [4.78, 5) is 0. The number of rotatable bonds is 1. The first-order valence-electron chi connectivity index (χ1n) is 7.42. The molecule has 0 aliphatic heterocycles. The Labute approximate surface area is 164 Å². The SMILES string of the molecule is CCC1=CC[C-]=C1.[CH3-].[CH3-].[Si]=[Zr].c1ccc2c(c1)[cH-]c1ccccc12. The average Bonchev–Trinajstić information content (AvgIpc) is 3.24. The maximum Gasteiger partial charge on any atom is -0.0771 e. The second-order valence-electron chi connectivity index (χ2n) is 5.00. The van der Waals surface area contributed by atoms with Crippen molar-refractivity contribution in [3.05, 3.63) is 93.3 Å². The number of allylic oxidation sites excluding steroid dienone is 4. The van der Waals surface area contributed by atoms with Crippen LogP contribution >= 0.6 is 0 Å². The third kappa shape index (κ3) is 5.76. The van der Waals surface area contributed by atoms with Gasteiger partial charge in [0.25, 0.3) is 0 Å². The van der Waals surface area contributed by atoms with Crippen LogP contribution in [0, 0.1) is 20.9 Å². The van der Waals surface area contributed by atoms with E-state index in [0.29, 0.717) is 0 Å². The molecule has 4 rings (SSSR count). The van der Waals surface area contributed by atoms with Gasteiger partial charge in [0.05, 0.1) is 0 Å². The molecule has 124 valence electrons. The van der Waals surface area contributed by atoms with Gasteiger partial charge in [-0.15, -0.1) is 46.2 Å². The fraction of sp³-hybridized carbons (Fsp3) is 0.136. The van der Waals surface area contributed by atoms with Gasteiger partial charge in [-0.1, -0.05) is 49.7 Å². The zero-order chi connectivity index (χ0) is 15.8. The van der Waals surface area contributed by atoms with E-state index in [1.807, 2.05) is 0 Å². The Bertz CT molecular complexity index is 745. The molecule has 0 unspecified atom stereocenters. The van der Waals surface area contributed by atoms with Crippen molar-refractivity contribution in [2.75, 3.05) is 0 Å². The normalized spacial score (nSPS) is 11.2. The van der Waals surface area contributed by atoms with Gasteiger partial charge in [0.15, 0.2) is 0 Å². The first-order valence-corrected chi connectivity index (χ1v) is 11.6. The fourth-order valence-corrected chi connectivity index (χ4v) is 2.59. The number of hydrogen-bond acceptors (Lipinski definition) is 0. The van der Waals surface area contributed by atoms with Crippen LogP contribution in [-0.4, -0.2) is 6.88 Å². The van der Waals surface area contributed by atoms with E-state index in [2.05, 4.69) is 86.6 Å². The standard InChI is InChI=1S/C13H9.C7H9.2CH3.Si.Zr/c1-3-7-12-10(5-1)9-11-6-2-4-8-13(11)12;1-2-7-5-3-4-6-7;;;;/h1-9H;5-6H,2-3H2,1H3;2*1H3;;/q4*-1;;. The second-order valence-corrected chi connectivity index (χ2v) is 5.00. The molecule has 1 aliphatic rings. The Morgan fingerprint density at radius 1 is 0.958 bits per heavy atom. The molecule has 0 nitrogen and oxygen atoms in total. The predicted molar refractivity (Wildman–Crippen MR) is 106 cm³/mol. The summed E-state index contributed by atoms with van der Waals surface area (Å²) < 4.78 is 0. The molecule has 0 atom stereocenters. The van der Waals surface area contributed by atoms with Crippen molar-refractivity contribution in [1.82, 2.24) is 0 Å². The van der Waals surface area contributed by atoms with E-state index < -0.39 is 0 Å². The Balaban J connectivity index is 0.000000419. The van der Waals surface area contributed by atoms with Gasteiger partial charge in [0, 0.05) is 0 Å². The van der Waals surface area contributed by atoms with Gasteiger partial charge < -0.3 is 14.9 Å². The van der Waals surface area contributed by atoms with Crippen LogP contribution in [0.2, 0.25) is 0 Å². The van der Waals surface area contributed by atoms with Crippen molar-refractivity contribution in [2.24, 2.45) is 0 Å². The zero-order valence-electron chi connectivity index (χ0n) is 14.8. The van der Waals surface area contributed by atoms with Gasteiger partial charge in [-0.25, -0.2) is 11.6 Å². The molecular weight excluding hydrogens is 384 g/mol. The third-order valence-corrected chi connectivity index (χ3v) is 3.70. The molecule has 0 fully saturated rings. The van der Waals surface area contributed by atoms with Gasteiger partial charge in [-0.2, -0.15) is 6.08 Å². The molecule has 0 bridgehead atoms. The minimum atomic E-state index is 0. The van der Waals surface area contributed by atoms with Crippen molar-refractivity contribution in [3.8, 4) is 0 Å². The quantitative estimate of drug-likeness (QED) is 0.327. The van der Waals surface area contributed by atoms with Crippen LogP contribution in [0.15, 0.2) is 72.3 Å². The molecule has 0 amide bonds. The summed E-state index contributed by atoms with van der Waals surface area (Å²) in [6.45, 7) is 5.22. The topological polar surface area (TPSA) is 0 Å². The summed E-state index contributed by atoms with van der Waals surface area (Å²) >= 11 is 1.36. The first-order chi connectivity index (χ1) is 10.9. The van der Waals surface area contributed by atoms with Crippen molar-refractivity contribution >= 4 is 28.4 Å². The molecule has 2 heteroatoms. The van der Waals surface area contributed by atoms with E-state index in [0.717, 1.165) is 12.8 Å². The smallest absolute Gasteiger partial charge is 0.0771 e. The molecule has 1 aliphatic carbocycles. The van der Waals surface area contributed by atoms with Gasteiger partial charge in [0.2, 0.25) is 0 Å². The minimum Gasteiger partial charge on any atom is -0.126 e. The van der Waals surface area contributed by atoms with E-state index in [9.17, 15) is 0 Å². The number of benzene rings is 2. The molecule has 2 radical (unpaired) electrons. The fourth-order valence-electron chi connectivity index (χ4n) is 2.59. The van der Waals surface area contributed by atoms with Gasteiger partial charge in [-0.05, 0) is 0 Å². The summed E-state index contributed by atoms with van der Waals surface area (Å²) in [6, 6.07) is 19.3. The second kappa shape index (κ2) is 12.3. The minimum absolute atomic E-state index is 0. The van der Waals surface area contributed by atoms with Crippen LogP contribution in [0.4, 0.5) is 0 Å². The van der Waals surface area contributed by atoms with Crippen molar-refractivity contribution in [3.63, 3.8) is 0 Å². The number of hydrogen-bond donors (Lipinski definition) is 0. The largest absolute Gasteiger partial charge is 0.126 e. The van der Waals surface area contributed by atoms with Crippen LogP contribution in [0.3, 0.4) is 0 Å². The molecule has 0 N–H and O–H groups in total.